The van der Waals surface area contributed by atoms with Gasteiger partial charge in [0, 0.05) is 13.1 Å². The molecule has 3 N–H and O–H groups in total. The summed E-state index contributed by atoms with van der Waals surface area (Å²) in [6.07, 6.45) is -2.71. The number of amides is 2. The van der Waals surface area contributed by atoms with Gasteiger partial charge in [-0.3, -0.25) is 4.79 Å². The van der Waals surface area contributed by atoms with Gasteiger partial charge in [0.15, 0.2) is 0 Å². The van der Waals surface area contributed by atoms with Gasteiger partial charge in [-0.25, -0.2) is 13.6 Å². The molecule has 0 rings (SSSR count). The Kier molecular flexibility index (Phi) is 6.53. The van der Waals surface area contributed by atoms with Gasteiger partial charge in [-0.05, 0) is 13.8 Å². The minimum Gasteiger partial charge on any atom is -0.481 e. The van der Waals surface area contributed by atoms with Crippen LogP contribution < -0.4 is 5.32 Å². The van der Waals surface area contributed by atoms with Crippen LogP contribution in [-0.4, -0.2) is 59.8 Å². The second kappa shape index (κ2) is 7.10. The van der Waals surface area contributed by atoms with E-state index in [0.717, 1.165) is 4.90 Å². The monoisotopic (exact) mass is 268 g/mol. The third-order valence-electron chi connectivity index (χ3n) is 2.28. The van der Waals surface area contributed by atoms with Crippen LogP contribution in [0.3, 0.4) is 0 Å². The van der Waals surface area contributed by atoms with E-state index in [-0.39, 0.29) is 13.1 Å². The number of hydrogen-bond donors (Lipinski definition) is 3. The van der Waals surface area contributed by atoms with Crippen molar-refractivity contribution >= 4 is 12.0 Å². The van der Waals surface area contributed by atoms with Gasteiger partial charge in [0.2, 0.25) is 0 Å². The average Bonchev–Trinajstić information content (AvgIpc) is 2.24. The molecule has 0 fully saturated rings. The molecule has 0 saturated heterocycles. The van der Waals surface area contributed by atoms with Crippen LogP contribution in [0.25, 0.3) is 0 Å². The number of nitrogens with zero attached hydrogens (tertiary/aromatic N) is 1. The molecule has 2 amide bonds. The predicted octanol–water partition coefficient (Wildman–Crippen LogP) is 0.366. The highest BCUT2D eigenvalue weighted by atomic mass is 19.3. The van der Waals surface area contributed by atoms with Gasteiger partial charge >= 0.3 is 12.0 Å². The van der Waals surface area contributed by atoms with Crippen LogP contribution >= 0.6 is 0 Å². The first-order valence-corrected chi connectivity index (χ1v) is 5.36. The van der Waals surface area contributed by atoms with E-state index in [1.165, 1.54) is 13.8 Å². The Morgan fingerprint density at radius 1 is 1.39 bits per heavy atom. The maximum absolute atomic E-state index is 12.2. The Morgan fingerprint density at radius 3 is 2.33 bits per heavy atom. The van der Waals surface area contributed by atoms with Crippen molar-refractivity contribution in [2.24, 2.45) is 5.41 Å². The van der Waals surface area contributed by atoms with Crippen molar-refractivity contribution in [3.8, 4) is 0 Å². The summed E-state index contributed by atoms with van der Waals surface area (Å²) in [5, 5.41) is 19.7. The van der Waals surface area contributed by atoms with E-state index < -0.39 is 37.0 Å². The van der Waals surface area contributed by atoms with Crippen molar-refractivity contribution in [1.29, 1.82) is 0 Å². The Balaban J connectivity index is 4.38. The fourth-order valence-electron chi connectivity index (χ4n) is 1.05. The van der Waals surface area contributed by atoms with E-state index >= 15 is 0 Å². The largest absolute Gasteiger partial charge is 0.481 e. The summed E-state index contributed by atoms with van der Waals surface area (Å²) in [4.78, 5) is 23.0. The highest BCUT2D eigenvalue weighted by molar-refractivity contribution is 5.77. The van der Waals surface area contributed by atoms with Crippen LogP contribution in [0, 0.1) is 5.41 Å². The summed E-state index contributed by atoms with van der Waals surface area (Å²) >= 11 is 0. The first-order chi connectivity index (χ1) is 8.20. The van der Waals surface area contributed by atoms with E-state index in [2.05, 4.69) is 5.32 Å². The van der Waals surface area contributed by atoms with Crippen molar-refractivity contribution < 1.29 is 28.6 Å². The fraction of sp³-hybridized carbons (Fsp3) is 0.800. The number of hydrogen-bond acceptors (Lipinski definition) is 3. The molecule has 0 aromatic rings. The number of rotatable bonds is 7. The van der Waals surface area contributed by atoms with Gasteiger partial charge in [0.05, 0.1) is 18.6 Å². The minimum absolute atomic E-state index is 0.188. The molecule has 0 aliphatic rings. The SMILES string of the molecule is CC(C)(CNC(=O)N(CCO)CC(F)F)C(=O)O. The van der Waals surface area contributed by atoms with Gasteiger partial charge in [-0.15, -0.1) is 0 Å². The molecule has 0 atom stereocenters. The lowest BCUT2D eigenvalue weighted by molar-refractivity contribution is -0.146. The van der Waals surface area contributed by atoms with E-state index in [0.29, 0.717) is 0 Å². The second-order valence-corrected chi connectivity index (χ2v) is 4.41. The normalized spacial score (nSPS) is 11.4. The van der Waals surface area contributed by atoms with Gasteiger partial charge in [-0.1, -0.05) is 0 Å². The van der Waals surface area contributed by atoms with Crippen molar-refractivity contribution in [2.45, 2.75) is 20.3 Å². The van der Waals surface area contributed by atoms with Crippen LogP contribution in [0.1, 0.15) is 13.8 Å². The van der Waals surface area contributed by atoms with Gasteiger partial charge in [0.25, 0.3) is 6.43 Å². The number of nitrogens with one attached hydrogen (secondary N) is 1. The van der Waals surface area contributed by atoms with Crippen molar-refractivity contribution in [3.05, 3.63) is 0 Å². The number of carboxylic acid groups (broad SMARTS) is 1. The lowest BCUT2D eigenvalue weighted by Crippen LogP contribution is -2.47. The van der Waals surface area contributed by atoms with E-state index in [4.69, 9.17) is 10.2 Å². The number of carbonyl (C=O) groups is 2. The smallest absolute Gasteiger partial charge is 0.317 e. The zero-order valence-electron chi connectivity index (χ0n) is 10.3. The molecule has 6 nitrogen and oxygen atoms in total. The number of carboxylic acids is 1. The molecule has 0 aliphatic carbocycles. The maximum Gasteiger partial charge on any atom is 0.317 e. The van der Waals surface area contributed by atoms with Crippen LogP contribution in [0.5, 0.6) is 0 Å². The molecule has 0 spiro atoms. The molecule has 8 heteroatoms. The number of aliphatic carboxylic acids is 1. The van der Waals surface area contributed by atoms with Crippen LogP contribution in [0.15, 0.2) is 0 Å². The first-order valence-electron chi connectivity index (χ1n) is 5.36. The van der Waals surface area contributed by atoms with Crippen LogP contribution in [-0.2, 0) is 4.79 Å². The van der Waals surface area contributed by atoms with Gasteiger partial charge < -0.3 is 20.4 Å². The fourth-order valence-corrected chi connectivity index (χ4v) is 1.05. The predicted molar refractivity (Wildman–Crippen MR) is 59.5 cm³/mol. The topological polar surface area (TPSA) is 89.9 Å². The molecule has 106 valence electrons. The molecule has 0 radical (unpaired) electrons. The molecule has 0 saturated carbocycles. The average molecular weight is 268 g/mol. The summed E-state index contributed by atoms with van der Waals surface area (Å²) in [7, 11) is 0. The molecule has 0 aliphatic heterocycles. The Labute approximate surface area is 104 Å². The van der Waals surface area contributed by atoms with Crippen molar-refractivity contribution in [1.82, 2.24) is 10.2 Å². The van der Waals surface area contributed by atoms with Crippen molar-refractivity contribution in [2.75, 3.05) is 26.2 Å². The molecule has 0 aromatic heterocycles. The Morgan fingerprint density at radius 2 is 1.94 bits per heavy atom. The molecule has 0 heterocycles. The third kappa shape index (κ3) is 5.76. The first kappa shape index (κ1) is 16.6. The van der Waals surface area contributed by atoms with Crippen LogP contribution in [0.4, 0.5) is 13.6 Å². The zero-order valence-corrected chi connectivity index (χ0v) is 10.3. The number of carbonyl (C=O) groups excluding carboxylic acids is 1. The summed E-state index contributed by atoms with van der Waals surface area (Å²) < 4.78 is 24.3. The maximum atomic E-state index is 12.2. The summed E-state index contributed by atoms with van der Waals surface area (Å²) in [5.74, 6) is -1.11. The molecule has 18 heavy (non-hydrogen) atoms. The van der Waals surface area contributed by atoms with Gasteiger partial charge in [0.1, 0.15) is 0 Å². The Bertz CT molecular complexity index is 298. The standard InChI is InChI=1S/C10H18F2N2O4/c1-10(2,8(16)17)6-13-9(18)14(3-4-15)5-7(11)12/h7,15H,3-6H2,1-2H3,(H,13,18)(H,16,17). The summed E-state index contributed by atoms with van der Waals surface area (Å²) in [6, 6.07) is -0.821. The number of halogens is 2. The second-order valence-electron chi connectivity index (χ2n) is 4.41. The van der Waals surface area contributed by atoms with Crippen molar-refractivity contribution in [3.63, 3.8) is 0 Å². The number of aliphatic hydroxyl groups is 1. The molecular formula is C10H18F2N2O4. The number of alkyl halides is 2. The molecule has 0 bridgehead atoms. The molecule has 0 unspecified atom stereocenters. The molecule has 0 aromatic carbocycles. The molecular weight excluding hydrogens is 250 g/mol. The highest BCUT2D eigenvalue weighted by Gasteiger charge is 2.28. The quantitative estimate of drug-likeness (QED) is 0.622. The van der Waals surface area contributed by atoms with Crippen LogP contribution in [0.2, 0.25) is 0 Å². The number of aliphatic hydroxyl groups excluding tert-OH is 1. The summed E-state index contributed by atoms with van der Waals surface area (Å²) in [6.45, 7) is 1.14. The van der Waals surface area contributed by atoms with E-state index in [1.54, 1.807) is 0 Å². The van der Waals surface area contributed by atoms with E-state index in [1.807, 2.05) is 0 Å². The van der Waals surface area contributed by atoms with E-state index in [9.17, 15) is 18.4 Å². The zero-order chi connectivity index (χ0) is 14.3. The number of urea groups is 1. The minimum atomic E-state index is -2.71. The lowest BCUT2D eigenvalue weighted by atomic mass is 9.94. The highest BCUT2D eigenvalue weighted by Crippen LogP contribution is 2.13. The Hall–Kier alpha value is -1.44. The van der Waals surface area contributed by atoms with Gasteiger partial charge in [-0.2, -0.15) is 0 Å². The summed E-state index contributed by atoms with van der Waals surface area (Å²) in [5.41, 5.74) is -1.19. The third-order valence-corrected chi connectivity index (χ3v) is 2.28. The lowest BCUT2D eigenvalue weighted by Gasteiger charge is -2.25.